The molecule has 0 aliphatic rings. The number of amides is 1. The zero-order chi connectivity index (χ0) is 23.1. The van der Waals surface area contributed by atoms with Crippen molar-refractivity contribution in [3.63, 3.8) is 0 Å². The van der Waals surface area contributed by atoms with E-state index in [1.165, 1.54) is 6.07 Å². The number of hydrogen-bond donors (Lipinski definition) is 3. The van der Waals surface area contributed by atoms with Gasteiger partial charge in [-0.25, -0.2) is 8.78 Å². The highest BCUT2D eigenvalue weighted by molar-refractivity contribution is 5.94. The number of nitrogen functional groups attached to an aromatic ring is 1. The van der Waals surface area contributed by atoms with Crippen LogP contribution in [-0.2, 0) is 16.1 Å². The van der Waals surface area contributed by atoms with Crippen molar-refractivity contribution in [2.45, 2.75) is 19.6 Å². The molecule has 166 valence electrons. The first-order valence-corrected chi connectivity index (χ1v) is 9.94. The number of carbonyl (C=O) groups is 1. The van der Waals surface area contributed by atoms with Gasteiger partial charge in [0.25, 0.3) is 5.91 Å². The Morgan fingerprint density at radius 2 is 1.75 bits per heavy atom. The summed E-state index contributed by atoms with van der Waals surface area (Å²) in [7, 11) is 0. The lowest BCUT2D eigenvalue weighted by atomic mass is 10.1. The zero-order valence-corrected chi connectivity index (χ0v) is 17.4. The molecule has 0 radical (unpaired) electrons. The first kappa shape index (κ1) is 22.9. The standard InChI is InChI=1S/C24H23F2N3O3/c1-2-31-22(24(30)29-14-15-8-10-16(11-9-15)23(27)28)20-18(25)12-13-19(21(20)26)32-17-6-4-3-5-7-17/h3-13,22H,2,14H2,1H3,(H3,27,28)(H,29,30). The SMILES string of the molecule is CCOC(C(=O)NCc1ccc(C(=N)N)cc1)c1c(F)ccc(Oc2ccccc2)c1F. The Labute approximate surface area is 184 Å². The average molecular weight is 439 g/mol. The van der Waals surface area contributed by atoms with E-state index in [0.717, 1.165) is 11.6 Å². The molecule has 3 aromatic carbocycles. The van der Waals surface area contributed by atoms with Crippen LogP contribution in [0.3, 0.4) is 0 Å². The topological polar surface area (TPSA) is 97.4 Å². The van der Waals surface area contributed by atoms with E-state index in [2.05, 4.69) is 5.32 Å². The number of halogens is 2. The normalized spacial score (nSPS) is 11.6. The summed E-state index contributed by atoms with van der Waals surface area (Å²) >= 11 is 0. The summed E-state index contributed by atoms with van der Waals surface area (Å²) in [5, 5.41) is 10.0. The van der Waals surface area contributed by atoms with Crippen LogP contribution in [0.5, 0.6) is 11.5 Å². The molecule has 0 fully saturated rings. The lowest BCUT2D eigenvalue weighted by Crippen LogP contribution is -2.31. The molecule has 0 saturated carbocycles. The Kier molecular flexibility index (Phi) is 7.51. The maximum atomic E-state index is 15.2. The lowest BCUT2D eigenvalue weighted by molar-refractivity contribution is -0.133. The third kappa shape index (κ3) is 5.47. The highest BCUT2D eigenvalue weighted by Crippen LogP contribution is 2.33. The van der Waals surface area contributed by atoms with E-state index in [9.17, 15) is 9.18 Å². The molecular weight excluding hydrogens is 416 g/mol. The van der Waals surface area contributed by atoms with Gasteiger partial charge in [-0.1, -0.05) is 42.5 Å². The zero-order valence-electron chi connectivity index (χ0n) is 17.4. The van der Waals surface area contributed by atoms with Crippen LogP contribution in [0, 0.1) is 17.0 Å². The van der Waals surface area contributed by atoms with Gasteiger partial charge in [-0.05, 0) is 36.8 Å². The van der Waals surface area contributed by atoms with E-state index in [1.54, 1.807) is 61.5 Å². The van der Waals surface area contributed by atoms with Crippen molar-refractivity contribution in [3.05, 3.63) is 95.1 Å². The Balaban J connectivity index is 1.81. The van der Waals surface area contributed by atoms with Crippen LogP contribution in [-0.4, -0.2) is 18.3 Å². The first-order chi connectivity index (χ1) is 15.4. The number of amidine groups is 1. The fraction of sp³-hybridized carbons (Fsp3) is 0.167. The molecule has 8 heteroatoms. The summed E-state index contributed by atoms with van der Waals surface area (Å²) in [5.41, 5.74) is 6.18. The van der Waals surface area contributed by atoms with Gasteiger partial charge < -0.3 is 20.5 Å². The van der Waals surface area contributed by atoms with Crippen molar-refractivity contribution in [2.24, 2.45) is 5.73 Å². The van der Waals surface area contributed by atoms with Crippen molar-refractivity contribution in [1.29, 1.82) is 5.41 Å². The molecule has 0 aliphatic heterocycles. The highest BCUT2D eigenvalue weighted by atomic mass is 19.1. The number of hydrogen-bond acceptors (Lipinski definition) is 4. The molecule has 0 heterocycles. The molecule has 0 bridgehead atoms. The van der Waals surface area contributed by atoms with Crippen molar-refractivity contribution in [2.75, 3.05) is 6.61 Å². The number of carbonyl (C=O) groups excluding carboxylic acids is 1. The van der Waals surface area contributed by atoms with Crippen molar-refractivity contribution in [3.8, 4) is 11.5 Å². The number of ether oxygens (including phenoxy) is 2. The quantitative estimate of drug-likeness (QED) is 0.339. The minimum Gasteiger partial charge on any atom is -0.454 e. The van der Waals surface area contributed by atoms with Gasteiger partial charge in [0.2, 0.25) is 0 Å². The molecule has 0 saturated heterocycles. The minimum absolute atomic E-state index is 0.0635. The fourth-order valence-corrected chi connectivity index (χ4v) is 3.02. The summed E-state index contributed by atoms with van der Waals surface area (Å²) in [4.78, 5) is 12.8. The predicted molar refractivity (Wildman–Crippen MR) is 117 cm³/mol. The van der Waals surface area contributed by atoms with Crippen molar-refractivity contribution in [1.82, 2.24) is 5.32 Å². The van der Waals surface area contributed by atoms with Crippen molar-refractivity contribution >= 4 is 11.7 Å². The molecule has 3 aromatic rings. The smallest absolute Gasteiger partial charge is 0.254 e. The number of nitrogens with two attached hydrogens (primary N) is 1. The minimum atomic E-state index is -1.50. The third-order valence-electron chi connectivity index (χ3n) is 4.63. The average Bonchev–Trinajstić information content (AvgIpc) is 2.80. The van der Waals surface area contributed by atoms with E-state index in [0.29, 0.717) is 11.3 Å². The maximum absolute atomic E-state index is 15.2. The first-order valence-electron chi connectivity index (χ1n) is 9.94. The van der Waals surface area contributed by atoms with E-state index >= 15 is 4.39 Å². The third-order valence-corrected chi connectivity index (χ3v) is 4.63. The van der Waals surface area contributed by atoms with E-state index in [1.807, 2.05) is 0 Å². The van der Waals surface area contributed by atoms with Crippen LogP contribution < -0.4 is 15.8 Å². The lowest BCUT2D eigenvalue weighted by Gasteiger charge is -2.20. The second-order valence-electron chi connectivity index (χ2n) is 6.85. The fourth-order valence-electron chi connectivity index (χ4n) is 3.02. The molecule has 1 atom stereocenters. The van der Waals surface area contributed by atoms with Gasteiger partial charge in [-0.3, -0.25) is 10.2 Å². The van der Waals surface area contributed by atoms with Gasteiger partial charge in [0.05, 0.1) is 5.56 Å². The summed E-state index contributed by atoms with van der Waals surface area (Å²) in [6, 6.07) is 17.4. The van der Waals surface area contributed by atoms with Crippen LogP contribution in [0.4, 0.5) is 8.78 Å². The molecule has 3 rings (SSSR count). The Hall–Kier alpha value is -3.78. The van der Waals surface area contributed by atoms with Gasteiger partial charge in [-0.2, -0.15) is 0 Å². The second-order valence-corrected chi connectivity index (χ2v) is 6.85. The monoisotopic (exact) mass is 439 g/mol. The second kappa shape index (κ2) is 10.5. The van der Waals surface area contributed by atoms with Crippen LogP contribution in [0.15, 0.2) is 66.7 Å². The van der Waals surface area contributed by atoms with E-state index < -0.39 is 29.2 Å². The van der Waals surface area contributed by atoms with E-state index in [-0.39, 0.29) is 24.7 Å². The summed E-state index contributed by atoms with van der Waals surface area (Å²) in [6.45, 7) is 1.79. The molecule has 0 aromatic heterocycles. The Morgan fingerprint density at radius 3 is 2.38 bits per heavy atom. The molecule has 6 nitrogen and oxygen atoms in total. The highest BCUT2D eigenvalue weighted by Gasteiger charge is 2.30. The van der Waals surface area contributed by atoms with Crippen LogP contribution in [0.1, 0.15) is 29.7 Å². The Bertz CT molecular complexity index is 1090. The molecule has 1 amide bonds. The van der Waals surface area contributed by atoms with Gasteiger partial charge in [0, 0.05) is 18.7 Å². The largest absolute Gasteiger partial charge is 0.454 e. The molecule has 0 aliphatic carbocycles. The summed E-state index contributed by atoms with van der Waals surface area (Å²) < 4.78 is 40.7. The van der Waals surface area contributed by atoms with Gasteiger partial charge >= 0.3 is 0 Å². The molecule has 32 heavy (non-hydrogen) atoms. The number of para-hydroxylation sites is 1. The molecule has 1 unspecified atom stereocenters. The van der Waals surface area contributed by atoms with Crippen LogP contribution in [0.25, 0.3) is 0 Å². The van der Waals surface area contributed by atoms with Gasteiger partial charge in [0.15, 0.2) is 17.7 Å². The molecule has 4 N–H and O–H groups in total. The number of rotatable bonds is 9. The number of benzene rings is 3. The maximum Gasteiger partial charge on any atom is 0.254 e. The van der Waals surface area contributed by atoms with Crippen LogP contribution >= 0.6 is 0 Å². The summed E-state index contributed by atoms with van der Waals surface area (Å²) in [6.07, 6.45) is -1.50. The predicted octanol–water partition coefficient (Wildman–Crippen LogP) is 4.44. The number of nitrogens with one attached hydrogen (secondary N) is 2. The molecular formula is C24H23F2N3O3. The van der Waals surface area contributed by atoms with Gasteiger partial charge in [0.1, 0.15) is 17.4 Å². The molecule has 0 spiro atoms. The Morgan fingerprint density at radius 1 is 1.06 bits per heavy atom. The summed E-state index contributed by atoms with van der Waals surface area (Å²) in [5.74, 6) is -2.53. The van der Waals surface area contributed by atoms with Gasteiger partial charge in [-0.15, -0.1) is 0 Å². The van der Waals surface area contributed by atoms with Crippen LogP contribution in [0.2, 0.25) is 0 Å². The van der Waals surface area contributed by atoms with Crippen molar-refractivity contribution < 1.29 is 23.0 Å². The van der Waals surface area contributed by atoms with E-state index in [4.69, 9.17) is 20.6 Å².